The van der Waals surface area contributed by atoms with Gasteiger partial charge in [0, 0.05) is 12.4 Å². The highest BCUT2D eigenvalue weighted by Gasteiger charge is 2.06. The molecule has 0 saturated heterocycles. The van der Waals surface area contributed by atoms with Gasteiger partial charge in [-0.15, -0.1) is 11.3 Å². The molecule has 0 fully saturated rings. The third-order valence-electron chi connectivity index (χ3n) is 2.44. The van der Waals surface area contributed by atoms with Crippen LogP contribution in [-0.2, 0) is 4.74 Å². The predicted molar refractivity (Wildman–Crippen MR) is 78.3 cm³/mol. The summed E-state index contributed by atoms with van der Waals surface area (Å²) in [6, 6.07) is 1.96. The first-order chi connectivity index (χ1) is 8.81. The summed E-state index contributed by atoms with van der Waals surface area (Å²) in [6.45, 7) is 3.73. The topological polar surface area (TPSA) is 61.0 Å². The first kappa shape index (κ1) is 13.6. The van der Waals surface area contributed by atoms with Gasteiger partial charge in [0.05, 0.1) is 12.0 Å². The van der Waals surface area contributed by atoms with Crippen molar-refractivity contribution in [2.24, 2.45) is 0 Å². The Bertz CT molecular complexity index is 501. The summed E-state index contributed by atoms with van der Waals surface area (Å²) < 4.78 is 5.49. The van der Waals surface area contributed by atoms with Gasteiger partial charge >= 0.3 is 0 Å². The number of ether oxygens (including phenoxy) is 1. The van der Waals surface area contributed by atoms with E-state index in [4.69, 9.17) is 10.5 Å². The summed E-state index contributed by atoms with van der Waals surface area (Å²) in [4.78, 5) is 9.71. The van der Waals surface area contributed by atoms with E-state index in [0.717, 1.165) is 40.8 Å². The van der Waals surface area contributed by atoms with E-state index in [-0.39, 0.29) is 0 Å². The number of nitrogens with zero attached hydrogens (tertiary/aromatic N) is 2. The maximum Gasteiger partial charge on any atom is 0.190 e. The number of aromatic nitrogens is 2. The van der Waals surface area contributed by atoms with Gasteiger partial charge in [-0.3, -0.25) is 0 Å². The Labute approximate surface area is 115 Å². The number of fused-ring (bicyclic) bond motifs is 1. The zero-order valence-corrected chi connectivity index (χ0v) is 12.0. The summed E-state index contributed by atoms with van der Waals surface area (Å²) in [5.41, 5.74) is 5.88. The number of nitrogen functional groups attached to an aromatic ring is 1. The quantitative estimate of drug-likeness (QED) is 0.480. The molecule has 4 nitrogen and oxygen atoms in total. The van der Waals surface area contributed by atoms with E-state index in [1.165, 1.54) is 6.42 Å². The summed E-state index contributed by atoms with van der Waals surface area (Å²) in [5, 5.41) is 3.67. The summed E-state index contributed by atoms with van der Waals surface area (Å²) in [7, 11) is 0. The molecule has 2 rings (SSSR count). The SMILES string of the molecule is CCCCOCCSc1nc(N)c2ccsc2n1. The fraction of sp³-hybridized carbons (Fsp3) is 0.500. The lowest BCUT2D eigenvalue weighted by molar-refractivity contribution is 0.147. The molecular formula is C12H17N3OS2. The van der Waals surface area contributed by atoms with Crippen LogP contribution < -0.4 is 5.73 Å². The van der Waals surface area contributed by atoms with Crippen LogP contribution in [0.1, 0.15) is 19.8 Å². The van der Waals surface area contributed by atoms with E-state index in [1.807, 2.05) is 11.4 Å². The molecule has 0 spiro atoms. The predicted octanol–water partition coefficient (Wildman–Crippen LogP) is 3.18. The zero-order chi connectivity index (χ0) is 12.8. The van der Waals surface area contributed by atoms with Gasteiger partial charge in [-0.1, -0.05) is 25.1 Å². The van der Waals surface area contributed by atoms with Crippen molar-refractivity contribution in [3.8, 4) is 0 Å². The van der Waals surface area contributed by atoms with E-state index in [2.05, 4.69) is 16.9 Å². The van der Waals surface area contributed by atoms with E-state index in [9.17, 15) is 0 Å². The van der Waals surface area contributed by atoms with Crippen molar-refractivity contribution in [3.05, 3.63) is 11.4 Å². The van der Waals surface area contributed by atoms with Crippen molar-refractivity contribution in [2.45, 2.75) is 24.9 Å². The minimum absolute atomic E-state index is 0.565. The molecule has 2 N–H and O–H groups in total. The lowest BCUT2D eigenvalue weighted by Gasteiger charge is -2.03. The average molecular weight is 283 g/mol. The van der Waals surface area contributed by atoms with Crippen molar-refractivity contribution >= 4 is 39.1 Å². The number of rotatable bonds is 7. The minimum atomic E-state index is 0.565. The fourth-order valence-corrected chi connectivity index (χ4v) is 2.99. The molecule has 0 saturated carbocycles. The average Bonchev–Trinajstić information content (AvgIpc) is 2.82. The molecule has 0 aliphatic carbocycles. The number of nitrogens with two attached hydrogens (primary N) is 1. The van der Waals surface area contributed by atoms with Gasteiger partial charge in [0.25, 0.3) is 0 Å². The Hall–Kier alpha value is -0.850. The molecule has 6 heteroatoms. The van der Waals surface area contributed by atoms with Gasteiger partial charge in [-0.2, -0.15) is 0 Å². The molecule has 0 radical (unpaired) electrons. The Balaban J connectivity index is 1.84. The van der Waals surface area contributed by atoms with Crippen molar-refractivity contribution in [1.29, 1.82) is 0 Å². The molecule has 2 heterocycles. The van der Waals surface area contributed by atoms with Crippen molar-refractivity contribution in [3.63, 3.8) is 0 Å². The van der Waals surface area contributed by atoms with Crippen LogP contribution in [-0.4, -0.2) is 28.9 Å². The lowest BCUT2D eigenvalue weighted by atomic mass is 10.4. The van der Waals surface area contributed by atoms with E-state index < -0.39 is 0 Å². The molecule has 0 amide bonds. The highest BCUT2D eigenvalue weighted by Crippen LogP contribution is 2.26. The lowest BCUT2D eigenvalue weighted by Crippen LogP contribution is -2.00. The normalized spacial score (nSPS) is 11.2. The highest BCUT2D eigenvalue weighted by atomic mass is 32.2. The smallest absolute Gasteiger partial charge is 0.190 e. The van der Waals surface area contributed by atoms with Gasteiger partial charge in [-0.25, -0.2) is 9.97 Å². The summed E-state index contributed by atoms with van der Waals surface area (Å²) >= 11 is 3.18. The van der Waals surface area contributed by atoms with Gasteiger partial charge in [-0.05, 0) is 17.9 Å². The molecule has 98 valence electrons. The van der Waals surface area contributed by atoms with Crippen LogP contribution in [0.15, 0.2) is 16.6 Å². The monoisotopic (exact) mass is 283 g/mol. The third-order valence-corrected chi connectivity index (χ3v) is 4.05. The molecule has 0 aliphatic rings. The standard InChI is InChI=1S/C12H17N3OS2/c1-2-3-5-16-6-8-18-12-14-10(13)9-4-7-17-11(9)15-12/h4,7H,2-3,5-6,8H2,1H3,(H2,13,14,15). The molecule has 0 bridgehead atoms. The third kappa shape index (κ3) is 3.57. The number of unbranched alkanes of at least 4 members (excludes halogenated alkanes) is 1. The number of thioether (sulfide) groups is 1. The first-order valence-corrected chi connectivity index (χ1v) is 7.89. The van der Waals surface area contributed by atoms with Crippen LogP contribution >= 0.6 is 23.1 Å². The van der Waals surface area contributed by atoms with Gasteiger partial charge in [0.15, 0.2) is 5.16 Å². The van der Waals surface area contributed by atoms with E-state index in [1.54, 1.807) is 23.1 Å². The number of thiophene rings is 1. The molecule has 0 atom stereocenters. The van der Waals surface area contributed by atoms with Crippen LogP contribution in [0.4, 0.5) is 5.82 Å². The number of anilines is 1. The Morgan fingerprint density at radius 2 is 2.28 bits per heavy atom. The number of hydrogen-bond acceptors (Lipinski definition) is 6. The molecular weight excluding hydrogens is 266 g/mol. The van der Waals surface area contributed by atoms with Crippen LogP contribution in [0.3, 0.4) is 0 Å². The summed E-state index contributed by atoms with van der Waals surface area (Å²) in [5.74, 6) is 1.43. The Morgan fingerprint density at radius 3 is 3.11 bits per heavy atom. The van der Waals surface area contributed by atoms with E-state index in [0.29, 0.717) is 5.82 Å². The maximum atomic E-state index is 5.88. The van der Waals surface area contributed by atoms with Crippen LogP contribution in [0, 0.1) is 0 Å². The number of hydrogen-bond donors (Lipinski definition) is 1. The Morgan fingerprint density at radius 1 is 1.39 bits per heavy atom. The Kier molecular flexibility index (Phi) is 5.22. The molecule has 0 aliphatic heterocycles. The highest BCUT2D eigenvalue weighted by molar-refractivity contribution is 7.99. The van der Waals surface area contributed by atoms with Gasteiger partial charge < -0.3 is 10.5 Å². The van der Waals surface area contributed by atoms with Crippen molar-refractivity contribution < 1.29 is 4.74 Å². The summed E-state index contributed by atoms with van der Waals surface area (Å²) in [6.07, 6.45) is 2.29. The first-order valence-electron chi connectivity index (χ1n) is 6.02. The molecule has 2 aromatic rings. The second-order valence-electron chi connectivity index (χ2n) is 3.85. The second-order valence-corrected chi connectivity index (χ2v) is 5.80. The van der Waals surface area contributed by atoms with E-state index >= 15 is 0 Å². The van der Waals surface area contributed by atoms with Gasteiger partial charge in [0.2, 0.25) is 0 Å². The van der Waals surface area contributed by atoms with Crippen molar-refractivity contribution in [2.75, 3.05) is 24.7 Å². The van der Waals surface area contributed by atoms with Crippen LogP contribution in [0.2, 0.25) is 0 Å². The molecule has 0 aromatic carbocycles. The molecule has 18 heavy (non-hydrogen) atoms. The maximum absolute atomic E-state index is 5.88. The molecule has 2 aromatic heterocycles. The van der Waals surface area contributed by atoms with Crippen molar-refractivity contribution in [1.82, 2.24) is 9.97 Å². The molecule has 0 unspecified atom stereocenters. The van der Waals surface area contributed by atoms with Crippen LogP contribution in [0.5, 0.6) is 0 Å². The zero-order valence-electron chi connectivity index (χ0n) is 10.4. The second kappa shape index (κ2) is 6.92. The van der Waals surface area contributed by atoms with Crippen LogP contribution in [0.25, 0.3) is 10.2 Å². The largest absolute Gasteiger partial charge is 0.383 e. The van der Waals surface area contributed by atoms with Gasteiger partial charge in [0.1, 0.15) is 10.6 Å². The minimum Gasteiger partial charge on any atom is -0.383 e. The fourth-order valence-electron chi connectivity index (χ4n) is 1.46.